The van der Waals surface area contributed by atoms with E-state index in [0.717, 1.165) is 6.54 Å². The molecule has 2 aromatic rings. The zero-order chi connectivity index (χ0) is 12.3. The van der Waals surface area contributed by atoms with E-state index in [-0.39, 0.29) is 0 Å². The Hall–Kier alpha value is -0.160. The number of rotatable bonds is 5. The summed E-state index contributed by atoms with van der Waals surface area (Å²) in [6.45, 7) is 5.47. The van der Waals surface area contributed by atoms with Crippen LogP contribution in [0.3, 0.4) is 0 Å². The summed E-state index contributed by atoms with van der Waals surface area (Å²) in [5.74, 6) is 0.608. The van der Waals surface area contributed by atoms with Crippen molar-refractivity contribution in [1.82, 2.24) is 5.32 Å². The van der Waals surface area contributed by atoms with Crippen molar-refractivity contribution in [1.29, 1.82) is 0 Å². The molecule has 0 bridgehead atoms. The van der Waals surface area contributed by atoms with Crippen LogP contribution in [0.25, 0.3) is 0 Å². The Morgan fingerprint density at radius 1 is 1.35 bits per heavy atom. The lowest BCUT2D eigenvalue weighted by atomic mass is 10.0. The predicted octanol–water partition coefficient (Wildman–Crippen LogP) is 5.06. The van der Waals surface area contributed by atoms with Crippen LogP contribution in [-0.4, -0.2) is 0 Å². The summed E-state index contributed by atoms with van der Waals surface area (Å²) in [7, 11) is 0. The van der Waals surface area contributed by atoms with Crippen molar-refractivity contribution in [2.45, 2.75) is 26.4 Å². The summed E-state index contributed by atoms with van der Waals surface area (Å²) in [5, 5.41) is 7.93. The molecule has 1 N–H and O–H groups in total. The molecule has 0 saturated heterocycles. The molecule has 2 rings (SSSR count). The van der Waals surface area contributed by atoms with Gasteiger partial charge in [-0.3, -0.25) is 0 Å². The van der Waals surface area contributed by atoms with E-state index < -0.39 is 0 Å². The van der Waals surface area contributed by atoms with Crippen LogP contribution in [0.1, 0.15) is 29.6 Å². The molecule has 0 aliphatic heterocycles. The SMILES string of the molecule is CC(C)C(NCc1cc(Br)cs1)c1cccs1. The third-order valence-corrected chi connectivity index (χ3v) is 5.29. The van der Waals surface area contributed by atoms with E-state index in [4.69, 9.17) is 0 Å². The second-order valence-corrected chi connectivity index (χ2v) is 7.24. The second-order valence-electron chi connectivity index (χ2n) is 4.35. The van der Waals surface area contributed by atoms with Gasteiger partial charge < -0.3 is 5.32 Å². The lowest BCUT2D eigenvalue weighted by Crippen LogP contribution is -2.24. The number of halogens is 1. The Kier molecular flexibility index (Phi) is 4.79. The number of thiophene rings is 2. The highest BCUT2D eigenvalue weighted by molar-refractivity contribution is 9.10. The fourth-order valence-corrected chi connectivity index (χ4v) is 4.17. The molecule has 4 heteroatoms. The summed E-state index contributed by atoms with van der Waals surface area (Å²) in [5.41, 5.74) is 0. The quantitative estimate of drug-likeness (QED) is 0.808. The highest BCUT2D eigenvalue weighted by Crippen LogP contribution is 2.27. The van der Waals surface area contributed by atoms with Crippen molar-refractivity contribution < 1.29 is 0 Å². The summed E-state index contributed by atoms with van der Waals surface area (Å²) in [6, 6.07) is 6.98. The van der Waals surface area contributed by atoms with Crippen molar-refractivity contribution in [3.8, 4) is 0 Å². The van der Waals surface area contributed by atoms with Gasteiger partial charge in [-0.1, -0.05) is 19.9 Å². The Labute approximate surface area is 119 Å². The smallest absolute Gasteiger partial charge is 0.0440 e. The van der Waals surface area contributed by atoms with Crippen molar-refractivity contribution in [3.63, 3.8) is 0 Å². The van der Waals surface area contributed by atoms with E-state index in [1.165, 1.54) is 14.2 Å². The van der Waals surface area contributed by atoms with E-state index in [0.29, 0.717) is 12.0 Å². The maximum Gasteiger partial charge on any atom is 0.0440 e. The van der Waals surface area contributed by atoms with Gasteiger partial charge in [-0.25, -0.2) is 0 Å². The zero-order valence-electron chi connectivity index (χ0n) is 9.94. The minimum absolute atomic E-state index is 0.455. The highest BCUT2D eigenvalue weighted by Gasteiger charge is 2.16. The van der Waals surface area contributed by atoms with Gasteiger partial charge in [0.2, 0.25) is 0 Å². The summed E-state index contributed by atoms with van der Waals surface area (Å²) < 4.78 is 1.18. The number of hydrogen-bond acceptors (Lipinski definition) is 3. The molecule has 0 spiro atoms. The summed E-state index contributed by atoms with van der Waals surface area (Å²) in [4.78, 5) is 2.80. The molecule has 1 atom stereocenters. The maximum atomic E-state index is 3.65. The molecule has 0 aromatic carbocycles. The summed E-state index contributed by atoms with van der Waals surface area (Å²) in [6.07, 6.45) is 0. The molecule has 17 heavy (non-hydrogen) atoms. The van der Waals surface area contributed by atoms with Crippen LogP contribution < -0.4 is 5.32 Å². The molecule has 0 amide bonds. The molecule has 2 aromatic heterocycles. The van der Waals surface area contributed by atoms with E-state index in [2.05, 4.69) is 64.1 Å². The molecule has 0 aliphatic carbocycles. The number of hydrogen-bond donors (Lipinski definition) is 1. The molecule has 1 unspecified atom stereocenters. The van der Waals surface area contributed by atoms with Crippen LogP contribution in [-0.2, 0) is 6.54 Å². The first-order valence-corrected chi connectivity index (χ1v) is 8.21. The topological polar surface area (TPSA) is 12.0 Å². The Morgan fingerprint density at radius 3 is 2.71 bits per heavy atom. The second kappa shape index (κ2) is 6.14. The molecule has 0 radical (unpaired) electrons. The van der Waals surface area contributed by atoms with E-state index >= 15 is 0 Å². The van der Waals surface area contributed by atoms with Gasteiger partial charge in [-0.2, -0.15) is 0 Å². The van der Waals surface area contributed by atoms with Crippen LogP contribution in [0.4, 0.5) is 0 Å². The molecule has 0 saturated carbocycles. The third-order valence-electron chi connectivity index (χ3n) is 2.63. The monoisotopic (exact) mass is 329 g/mol. The minimum Gasteiger partial charge on any atom is -0.304 e. The molecule has 0 aliphatic rings. The third kappa shape index (κ3) is 3.65. The van der Waals surface area contributed by atoms with Crippen molar-refractivity contribution in [3.05, 3.63) is 43.2 Å². The first-order chi connectivity index (χ1) is 8.16. The first-order valence-electron chi connectivity index (χ1n) is 5.66. The van der Waals surface area contributed by atoms with Crippen molar-refractivity contribution in [2.75, 3.05) is 0 Å². The van der Waals surface area contributed by atoms with Gasteiger partial charge in [0, 0.05) is 32.2 Å². The van der Waals surface area contributed by atoms with Gasteiger partial charge in [-0.05, 0) is 39.4 Å². The zero-order valence-corrected chi connectivity index (χ0v) is 13.2. The average molecular weight is 330 g/mol. The maximum absolute atomic E-state index is 3.65. The highest BCUT2D eigenvalue weighted by atomic mass is 79.9. The predicted molar refractivity (Wildman–Crippen MR) is 80.8 cm³/mol. The van der Waals surface area contributed by atoms with Crippen molar-refractivity contribution >= 4 is 38.6 Å². The lowest BCUT2D eigenvalue weighted by molar-refractivity contribution is 0.418. The van der Waals surface area contributed by atoms with Gasteiger partial charge in [0.15, 0.2) is 0 Å². The normalized spacial score (nSPS) is 13.2. The van der Waals surface area contributed by atoms with E-state index in [1.54, 1.807) is 11.3 Å². The van der Waals surface area contributed by atoms with Crippen LogP contribution in [0.15, 0.2) is 33.4 Å². The first kappa shape index (κ1) is 13.3. The van der Waals surface area contributed by atoms with E-state index in [1.807, 2.05) is 11.3 Å². The van der Waals surface area contributed by atoms with E-state index in [9.17, 15) is 0 Å². The molecular weight excluding hydrogens is 314 g/mol. The molecule has 0 fully saturated rings. The molecular formula is C13H16BrNS2. The molecule has 2 heterocycles. The van der Waals surface area contributed by atoms with Gasteiger partial charge in [0.25, 0.3) is 0 Å². The standard InChI is InChI=1S/C13H16BrNS2/c1-9(2)13(12-4-3-5-16-12)15-7-11-6-10(14)8-17-11/h3-6,8-9,13,15H,7H2,1-2H3. The van der Waals surface area contributed by atoms with Gasteiger partial charge in [-0.15, -0.1) is 22.7 Å². The average Bonchev–Trinajstić information content (AvgIpc) is 2.90. The fraction of sp³-hybridized carbons (Fsp3) is 0.385. The fourth-order valence-electron chi connectivity index (χ4n) is 1.79. The molecule has 1 nitrogen and oxygen atoms in total. The summed E-state index contributed by atoms with van der Waals surface area (Å²) >= 11 is 7.12. The van der Waals surface area contributed by atoms with Crippen molar-refractivity contribution in [2.24, 2.45) is 5.92 Å². The van der Waals surface area contributed by atoms with Crippen LogP contribution >= 0.6 is 38.6 Å². The molecule has 92 valence electrons. The van der Waals surface area contributed by atoms with Crippen LogP contribution in [0.5, 0.6) is 0 Å². The Morgan fingerprint density at radius 2 is 2.18 bits per heavy atom. The Balaban J connectivity index is 1.99. The van der Waals surface area contributed by atoms with Gasteiger partial charge in [0.1, 0.15) is 0 Å². The minimum atomic E-state index is 0.455. The lowest BCUT2D eigenvalue weighted by Gasteiger charge is -2.20. The Bertz CT molecular complexity index is 448. The largest absolute Gasteiger partial charge is 0.304 e. The van der Waals surface area contributed by atoms with Crippen LogP contribution in [0.2, 0.25) is 0 Å². The van der Waals surface area contributed by atoms with Gasteiger partial charge in [0.05, 0.1) is 0 Å². The van der Waals surface area contributed by atoms with Gasteiger partial charge >= 0.3 is 0 Å². The van der Waals surface area contributed by atoms with Crippen LogP contribution in [0, 0.1) is 5.92 Å². The number of nitrogens with one attached hydrogen (secondary N) is 1.